The quantitative estimate of drug-likeness (QED) is 0.730. The van der Waals surface area contributed by atoms with Gasteiger partial charge >= 0.3 is 0 Å². The summed E-state index contributed by atoms with van der Waals surface area (Å²) in [7, 11) is 1.61. The number of benzene rings is 1. The van der Waals surface area contributed by atoms with Gasteiger partial charge in [0.15, 0.2) is 0 Å². The number of ether oxygens (including phenoxy) is 1. The van der Waals surface area contributed by atoms with Crippen molar-refractivity contribution in [2.45, 2.75) is 13.0 Å². The van der Waals surface area contributed by atoms with Gasteiger partial charge in [0.05, 0.1) is 12.7 Å². The smallest absolute Gasteiger partial charge is 0.257 e. The van der Waals surface area contributed by atoms with Crippen molar-refractivity contribution in [2.24, 2.45) is 0 Å². The van der Waals surface area contributed by atoms with Crippen molar-refractivity contribution in [1.82, 2.24) is 25.2 Å². The van der Waals surface area contributed by atoms with Gasteiger partial charge < -0.3 is 15.4 Å². The van der Waals surface area contributed by atoms with Crippen LogP contribution in [-0.2, 0) is 4.79 Å². The van der Waals surface area contributed by atoms with Gasteiger partial charge in [0, 0.05) is 11.9 Å². The maximum absolute atomic E-state index is 13.1. The summed E-state index contributed by atoms with van der Waals surface area (Å²) in [6, 6.07) is 12.3. The first kappa shape index (κ1) is 16.7. The summed E-state index contributed by atoms with van der Waals surface area (Å²) in [4.78, 5) is 17.2. The minimum Gasteiger partial charge on any atom is -0.497 e. The molecule has 1 atom stereocenters. The first-order chi connectivity index (χ1) is 13.2. The van der Waals surface area contributed by atoms with E-state index in [-0.39, 0.29) is 5.91 Å². The molecule has 0 saturated heterocycles. The Bertz CT molecular complexity index is 996. The topological polar surface area (TPSA) is 107 Å². The van der Waals surface area contributed by atoms with E-state index < -0.39 is 6.04 Å². The molecule has 0 saturated carbocycles. The molecule has 1 amide bonds. The summed E-state index contributed by atoms with van der Waals surface area (Å²) in [5.41, 5.74) is 2.04. The fraction of sp³-hybridized carbons (Fsp3) is 0.167. The Balaban J connectivity index is 1.75. The van der Waals surface area contributed by atoms with Gasteiger partial charge in [-0.1, -0.05) is 23.3 Å². The zero-order chi connectivity index (χ0) is 18.8. The molecule has 3 heterocycles. The molecule has 136 valence electrons. The highest BCUT2D eigenvalue weighted by Gasteiger charge is 2.34. The van der Waals surface area contributed by atoms with Gasteiger partial charge in [0.2, 0.25) is 5.95 Å². The molecule has 1 unspecified atom stereocenters. The molecule has 9 nitrogen and oxygen atoms in total. The van der Waals surface area contributed by atoms with Crippen LogP contribution in [0.15, 0.2) is 59.9 Å². The number of aromatic nitrogens is 5. The highest BCUT2D eigenvalue weighted by atomic mass is 16.5. The molecular formula is C18H17N7O2. The fourth-order valence-electron chi connectivity index (χ4n) is 3.02. The summed E-state index contributed by atoms with van der Waals surface area (Å²) < 4.78 is 6.81. The SMILES string of the molecule is COc1ccc(C2C(C(=O)Nc3ccccn3)=C(C)Nc3nnnn32)cc1. The number of fused-ring (bicyclic) bond motifs is 1. The monoisotopic (exact) mass is 363 g/mol. The number of amides is 1. The van der Waals surface area contributed by atoms with Crippen molar-refractivity contribution in [1.29, 1.82) is 0 Å². The van der Waals surface area contributed by atoms with Crippen molar-refractivity contribution in [3.8, 4) is 5.75 Å². The van der Waals surface area contributed by atoms with Crippen LogP contribution in [0.2, 0.25) is 0 Å². The van der Waals surface area contributed by atoms with Crippen molar-refractivity contribution >= 4 is 17.7 Å². The number of allylic oxidation sites excluding steroid dienone is 1. The third kappa shape index (κ3) is 3.10. The Morgan fingerprint density at radius 1 is 1.22 bits per heavy atom. The lowest BCUT2D eigenvalue weighted by molar-refractivity contribution is -0.113. The number of pyridine rings is 1. The second-order valence-electron chi connectivity index (χ2n) is 5.96. The average Bonchev–Trinajstić information content (AvgIpc) is 3.15. The van der Waals surface area contributed by atoms with Crippen LogP contribution in [0.4, 0.5) is 11.8 Å². The Kier molecular flexibility index (Phi) is 4.25. The minimum absolute atomic E-state index is 0.277. The van der Waals surface area contributed by atoms with Crippen LogP contribution in [0.5, 0.6) is 5.75 Å². The van der Waals surface area contributed by atoms with E-state index in [0.717, 1.165) is 11.3 Å². The third-order valence-corrected chi connectivity index (χ3v) is 4.30. The number of carbonyl (C=O) groups is 1. The van der Waals surface area contributed by atoms with Gasteiger partial charge in [-0.15, -0.1) is 0 Å². The van der Waals surface area contributed by atoms with E-state index in [1.54, 1.807) is 30.1 Å². The first-order valence-electron chi connectivity index (χ1n) is 8.29. The number of carbonyl (C=O) groups excluding carboxylic acids is 1. The zero-order valence-electron chi connectivity index (χ0n) is 14.7. The number of hydrogen-bond acceptors (Lipinski definition) is 7. The van der Waals surface area contributed by atoms with Gasteiger partial charge in [-0.25, -0.2) is 4.98 Å². The number of rotatable bonds is 4. The molecule has 2 aromatic heterocycles. The Hall–Kier alpha value is -3.75. The van der Waals surface area contributed by atoms with Crippen molar-refractivity contribution in [2.75, 3.05) is 17.7 Å². The van der Waals surface area contributed by atoms with E-state index in [1.165, 1.54) is 0 Å². The second-order valence-corrected chi connectivity index (χ2v) is 5.96. The average molecular weight is 363 g/mol. The number of hydrogen-bond donors (Lipinski definition) is 2. The lowest BCUT2D eigenvalue weighted by Crippen LogP contribution is -2.31. The summed E-state index contributed by atoms with van der Waals surface area (Å²) in [5, 5.41) is 17.7. The molecule has 0 spiro atoms. The number of methoxy groups -OCH3 is 1. The molecule has 0 radical (unpaired) electrons. The van der Waals surface area contributed by atoms with Crippen molar-refractivity contribution in [3.05, 3.63) is 65.5 Å². The molecule has 9 heteroatoms. The zero-order valence-corrected chi connectivity index (χ0v) is 14.7. The summed E-state index contributed by atoms with van der Waals surface area (Å²) in [6.45, 7) is 1.82. The van der Waals surface area contributed by atoms with Gasteiger partial charge in [0.25, 0.3) is 5.91 Å². The predicted molar refractivity (Wildman–Crippen MR) is 98.1 cm³/mol. The minimum atomic E-state index is -0.481. The van der Waals surface area contributed by atoms with E-state index in [1.807, 2.05) is 37.3 Å². The molecule has 1 aromatic carbocycles. The standard InChI is InChI=1S/C18H17N7O2/c1-11-15(17(26)21-14-5-3-4-10-19-14)16(25-18(20-11)22-23-24-25)12-6-8-13(27-2)9-7-12/h3-10,16H,1-2H3,(H,19,21,26)(H,20,22,24). The summed E-state index contributed by atoms with van der Waals surface area (Å²) in [5.74, 6) is 1.40. The van der Waals surface area contributed by atoms with Crippen molar-refractivity contribution in [3.63, 3.8) is 0 Å². The Morgan fingerprint density at radius 2 is 2.04 bits per heavy atom. The summed E-state index contributed by atoms with van der Waals surface area (Å²) >= 11 is 0. The maximum atomic E-state index is 13.1. The fourth-order valence-corrected chi connectivity index (χ4v) is 3.02. The molecule has 0 aliphatic carbocycles. The first-order valence-corrected chi connectivity index (χ1v) is 8.29. The van der Waals surface area contributed by atoms with Crippen LogP contribution in [0.3, 0.4) is 0 Å². The molecule has 4 rings (SSSR count). The molecule has 27 heavy (non-hydrogen) atoms. The number of nitrogens with zero attached hydrogens (tertiary/aromatic N) is 5. The predicted octanol–water partition coefficient (Wildman–Crippen LogP) is 2.00. The largest absolute Gasteiger partial charge is 0.497 e. The highest BCUT2D eigenvalue weighted by Crippen LogP contribution is 2.35. The number of nitrogens with one attached hydrogen (secondary N) is 2. The molecule has 1 aliphatic heterocycles. The maximum Gasteiger partial charge on any atom is 0.257 e. The van der Waals surface area contributed by atoms with E-state index in [0.29, 0.717) is 23.0 Å². The van der Waals surface area contributed by atoms with Crippen LogP contribution < -0.4 is 15.4 Å². The third-order valence-electron chi connectivity index (χ3n) is 4.30. The van der Waals surface area contributed by atoms with Crippen LogP contribution in [0.25, 0.3) is 0 Å². The van der Waals surface area contributed by atoms with Gasteiger partial charge in [-0.05, 0) is 47.2 Å². The van der Waals surface area contributed by atoms with Gasteiger partial charge in [-0.3, -0.25) is 4.79 Å². The highest BCUT2D eigenvalue weighted by molar-refractivity contribution is 6.05. The Morgan fingerprint density at radius 3 is 2.74 bits per heavy atom. The normalized spacial score (nSPS) is 15.7. The van der Waals surface area contributed by atoms with E-state index in [2.05, 4.69) is 31.1 Å². The lowest BCUT2D eigenvalue weighted by atomic mass is 9.95. The Labute approximate surface area is 155 Å². The molecule has 3 aromatic rings. The molecule has 0 bridgehead atoms. The molecule has 2 N–H and O–H groups in total. The summed E-state index contributed by atoms with van der Waals surface area (Å²) in [6.07, 6.45) is 1.62. The van der Waals surface area contributed by atoms with Crippen LogP contribution in [0.1, 0.15) is 18.5 Å². The van der Waals surface area contributed by atoms with E-state index >= 15 is 0 Å². The van der Waals surface area contributed by atoms with Crippen molar-refractivity contribution < 1.29 is 9.53 Å². The van der Waals surface area contributed by atoms with Crippen LogP contribution >= 0.6 is 0 Å². The molecule has 0 fully saturated rings. The second kappa shape index (κ2) is 6.87. The van der Waals surface area contributed by atoms with E-state index in [9.17, 15) is 4.79 Å². The number of anilines is 2. The molecular weight excluding hydrogens is 346 g/mol. The number of tetrazole rings is 1. The van der Waals surface area contributed by atoms with Gasteiger partial charge in [-0.2, -0.15) is 4.68 Å². The van der Waals surface area contributed by atoms with Crippen LogP contribution in [-0.4, -0.2) is 38.2 Å². The van der Waals surface area contributed by atoms with Crippen LogP contribution in [0, 0.1) is 0 Å². The molecule has 1 aliphatic rings. The van der Waals surface area contributed by atoms with E-state index in [4.69, 9.17) is 4.74 Å². The van der Waals surface area contributed by atoms with Gasteiger partial charge in [0.1, 0.15) is 17.6 Å². The lowest BCUT2D eigenvalue weighted by Gasteiger charge is -2.27.